The zero-order chi connectivity index (χ0) is 10.5. The molecule has 0 bridgehead atoms. The van der Waals surface area contributed by atoms with E-state index in [1.807, 2.05) is 11.8 Å². The molecule has 1 aromatic carbocycles. The number of rotatable bonds is 3. The van der Waals surface area contributed by atoms with E-state index in [0.29, 0.717) is 6.54 Å². The maximum absolute atomic E-state index is 8.42. The first-order valence-electron chi connectivity index (χ1n) is 5.22. The molecule has 0 aromatic heterocycles. The maximum Gasteiger partial charge on any atom is 0.0843 e. The molecule has 0 aliphatic carbocycles. The number of nitrogens with zero attached hydrogens (tertiary/aromatic N) is 1. The van der Waals surface area contributed by atoms with Gasteiger partial charge in [-0.05, 0) is 35.8 Å². The van der Waals surface area contributed by atoms with Crippen molar-refractivity contribution in [2.75, 3.05) is 12.3 Å². The predicted molar refractivity (Wildman–Crippen MR) is 62.8 cm³/mol. The predicted octanol–water partition coefficient (Wildman–Crippen LogP) is 2.34. The average molecular weight is 218 g/mol. The monoisotopic (exact) mass is 218 g/mol. The van der Waals surface area contributed by atoms with E-state index in [2.05, 4.69) is 29.6 Å². The van der Waals surface area contributed by atoms with Crippen LogP contribution in [0, 0.1) is 11.3 Å². The van der Waals surface area contributed by atoms with E-state index in [9.17, 15) is 0 Å². The van der Waals surface area contributed by atoms with Crippen molar-refractivity contribution >= 4 is 11.8 Å². The highest BCUT2D eigenvalue weighted by atomic mass is 32.2. The Balaban J connectivity index is 2.04. The summed E-state index contributed by atoms with van der Waals surface area (Å²) in [5.41, 5.74) is 2.76. The molecule has 2 nitrogen and oxygen atoms in total. The normalized spacial score (nSPS) is 14.3. The highest BCUT2D eigenvalue weighted by Crippen LogP contribution is 2.30. The summed E-state index contributed by atoms with van der Waals surface area (Å²) in [4.78, 5) is 1.44. The summed E-state index contributed by atoms with van der Waals surface area (Å²) in [5, 5.41) is 11.5. The molecular weight excluding hydrogens is 204 g/mol. The topological polar surface area (TPSA) is 35.8 Å². The Labute approximate surface area is 94.7 Å². The van der Waals surface area contributed by atoms with Gasteiger partial charge in [-0.15, -0.1) is 11.8 Å². The number of aryl methyl sites for hydroxylation is 1. The molecule has 15 heavy (non-hydrogen) atoms. The highest BCUT2D eigenvalue weighted by Gasteiger charge is 2.09. The van der Waals surface area contributed by atoms with E-state index in [4.69, 9.17) is 5.26 Å². The van der Waals surface area contributed by atoms with Gasteiger partial charge in [0.15, 0.2) is 0 Å². The van der Waals surface area contributed by atoms with Crippen molar-refractivity contribution in [1.82, 2.24) is 5.32 Å². The molecule has 1 aliphatic heterocycles. The summed E-state index contributed by atoms with van der Waals surface area (Å²) in [6, 6.07) is 8.72. The summed E-state index contributed by atoms with van der Waals surface area (Å²) in [7, 11) is 0. The third-order valence-corrected chi connectivity index (χ3v) is 3.71. The van der Waals surface area contributed by atoms with Crippen LogP contribution in [0.25, 0.3) is 0 Å². The second-order valence-corrected chi connectivity index (χ2v) is 4.79. The Hall–Kier alpha value is -0.980. The Morgan fingerprint density at radius 1 is 1.47 bits per heavy atom. The van der Waals surface area contributed by atoms with Crippen LogP contribution < -0.4 is 5.32 Å². The van der Waals surface area contributed by atoms with Gasteiger partial charge in [0.2, 0.25) is 0 Å². The first-order chi connectivity index (χ1) is 7.40. The van der Waals surface area contributed by atoms with Crippen LogP contribution in [0.2, 0.25) is 0 Å². The molecule has 0 amide bonds. The summed E-state index contributed by atoms with van der Waals surface area (Å²) in [6.45, 7) is 1.22. The van der Waals surface area contributed by atoms with Crippen LogP contribution in [0.15, 0.2) is 23.1 Å². The van der Waals surface area contributed by atoms with Gasteiger partial charge in [-0.1, -0.05) is 12.1 Å². The minimum Gasteiger partial charge on any atom is -0.300 e. The van der Waals surface area contributed by atoms with Gasteiger partial charge in [-0.3, -0.25) is 0 Å². The van der Waals surface area contributed by atoms with Crippen molar-refractivity contribution in [1.29, 1.82) is 5.26 Å². The molecule has 0 atom stereocenters. The van der Waals surface area contributed by atoms with Crippen molar-refractivity contribution in [3.05, 3.63) is 29.3 Å². The number of nitriles is 1. The number of nitrogens with one attached hydrogen (secondary N) is 1. The molecule has 0 saturated carbocycles. The van der Waals surface area contributed by atoms with Gasteiger partial charge in [-0.25, -0.2) is 0 Å². The maximum atomic E-state index is 8.42. The van der Waals surface area contributed by atoms with Crippen molar-refractivity contribution < 1.29 is 0 Å². The molecule has 0 radical (unpaired) electrons. The molecule has 0 unspecified atom stereocenters. The number of thioether (sulfide) groups is 1. The van der Waals surface area contributed by atoms with Crippen LogP contribution in [-0.4, -0.2) is 12.3 Å². The molecule has 1 heterocycles. The third kappa shape index (κ3) is 2.74. The molecule has 3 heteroatoms. The quantitative estimate of drug-likeness (QED) is 0.625. The van der Waals surface area contributed by atoms with Crippen LogP contribution in [-0.2, 0) is 13.0 Å². The van der Waals surface area contributed by atoms with Gasteiger partial charge >= 0.3 is 0 Å². The van der Waals surface area contributed by atoms with E-state index < -0.39 is 0 Å². The second kappa shape index (κ2) is 5.20. The van der Waals surface area contributed by atoms with Gasteiger partial charge in [0.25, 0.3) is 0 Å². The summed E-state index contributed by atoms with van der Waals surface area (Å²) >= 11 is 1.95. The van der Waals surface area contributed by atoms with E-state index in [0.717, 1.165) is 6.54 Å². The molecule has 0 saturated heterocycles. The summed E-state index contributed by atoms with van der Waals surface area (Å²) in [6.07, 6.45) is 2.49. The van der Waals surface area contributed by atoms with E-state index in [1.165, 1.54) is 34.6 Å². The molecule has 78 valence electrons. The molecule has 1 aromatic rings. The van der Waals surface area contributed by atoms with Crippen LogP contribution in [0.3, 0.4) is 0 Å². The van der Waals surface area contributed by atoms with Crippen LogP contribution >= 0.6 is 11.8 Å². The van der Waals surface area contributed by atoms with E-state index in [-0.39, 0.29) is 0 Å². The van der Waals surface area contributed by atoms with Crippen molar-refractivity contribution in [3.8, 4) is 6.07 Å². The lowest BCUT2D eigenvalue weighted by Gasteiger charge is -2.15. The Morgan fingerprint density at radius 2 is 2.40 bits per heavy atom. The molecule has 2 rings (SSSR count). The van der Waals surface area contributed by atoms with E-state index >= 15 is 0 Å². The van der Waals surface area contributed by atoms with Gasteiger partial charge in [0, 0.05) is 11.4 Å². The Kier molecular flexibility index (Phi) is 3.65. The smallest absolute Gasteiger partial charge is 0.0843 e. The Bertz CT molecular complexity index is 382. The van der Waals surface area contributed by atoms with Crippen LogP contribution in [0.4, 0.5) is 0 Å². The first-order valence-corrected chi connectivity index (χ1v) is 6.21. The highest BCUT2D eigenvalue weighted by molar-refractivity contribution is 7.99. The zero-order valence-corrected chi connectivity index (χ0v) is 9.44. The fraction of sp³-hybridized carbons (Fsp3) is 0.417. The van der Waals surface area contributed by atoms with Crippen molar-refractivity contribution in [3.63, 3.8) is 0 Å². The summed E-state index contributed by atoms with van der Waals surface area (Å²) in [5.74, 6) is 1.25. The average Bonchev–Trinajstić information content (AvgIpc) is 2.29. The number of fused-ring (bicyclic) bond motifs is 1. The fourth-order valence-corrected chi connectivity index (χ4v) is 2.81. The minimum atomic E-state index is 0.422. The second-order valence-electron chi connectivity index (χ2n) is 3.66. The summed E-state index contributed by atoms with van der Waals surface area (Å²) < 4.78 is 0. The van der Waals surface area contributed by atoms with Crippen LogP contribution in [0.5, 0.6) is 0 Å². The standard InChI is InChI=1S/C12H14N2S/c13-5-6-14-9-10-3-4-12-11(8-10)2-1-7-15-12/h3-4,8,14H,1-2,6-7,9H2. The lowest BCUT2D eigenvalue weighted by Crippen LogP contribution is -2.13. The lowest BCUT2D eigenvalue weighted by molar-refractivity contribution is 0.761. The number of hydrogen-bond acceptors (Lipinski definition) is 3. The van der Waals surface area contributed by atoms with Crippen molar-refractivity contribution in [2.45, 2.75) is 24.3 Å². The largest absolute Gasteiger partial charge is 0.300 e. The zero-order valence-electron chi connectivity index (χ0n) is 8.62. The molecule has 1 N–H and O–H groups in total. The molecule has 1 aliphatic rings. The fourth-order valence-electron chi connectivity index (χ4n) is 1.79. The third-order valence-electron chi connectivity index (χ3n) is 2.51. The lowest BCUT2D eigenvalue weighted by atomic mass is 10.1. The molecule has 0 fully saturated rings. The SMILES string of the molecule is N#CCNCc1ccc2c(c1)CCCS2. The van der Waals surface area contributed by atoms with E-state index in [1.54, 1.807) is 0 Å². The minimum absolute atomic E-state index is 0.422. The van der Waals surface area contributed by atoms with Crippen molar-refractivity contribution in [2.24, 2.45) is 0 Å². The molecular formula is C12H14N2S. The molecule has 0 spiro atoms. The number of benzene rings is 1. The first kappa shape index (κ1) is 10.5. The van der Waals surface area contributed by atoms with Gasteiger partial charge < -0.3 is 5.32 Å². The number of hydrogen-bond donors (Lipinski definition) is 1. The van der Waals surface area contributed by atoms with Gasteiger partial charge in [0.05, 0.1) is 12.6 Å². The van der Waals surface area contributed by atoms with Gasteiger partial charge in [0.1, 0.15) is 0 Å². The van der Waals surface area contributed by atoms with Crippen LogP contribution in [0.1, 0.15) is 17.5 Å². The Morgan fingerprint density at radius 3 is 3.27 bits per heavy atom. The van der Waals surface area contributed by atoms with Gasteiger partial charge in [-0.2, -0.15) is 5.26 Å².